The molecule has 3 rings (SSSR count). The Labute approximate surface area is 157 Å². The Balaban J connectivity index is 1.68. The summed E-state index contributed by atoms with van der Waals surface area (Å²) in [5, 5.41) is 0. The number of nitrogens with zero attached hydrogens (tertiary/aromatic N) is 2. The van der Waals surface area contributed by atoms with Crippen molar-refractivity contribution in [3.63, 3.8) is 0 Å². The summed E-state index contributed by atoms with van der Waals surface area (Å²) >= 11 is 0. The average Bonchev–Trinajstić information content (AvgIpc) is 2.90. The summed E-state index contributed by atoms with van der Waals surface area (Å²) in [4.78, 5) is 40.1. The van der Waals surface area contributed by atoms with E-state index in [0.29, 0.717) is 6.54 Å². The Morgan fingerprint density at radius 2 is 1.74 bits per heavy atom. The van der Waals surface area contributed by atoms with Crippen LogP contribution >= 0.6 is 0 Å². The molecule has 0 atom stereocenters. The monoisotopic (exact) mass is 368 g/mol. The number of fused-ring (bicyclic) bond motifs is 1. The van der Waals surface area contributed by atoms with Crippen molar-refractivity contribution in [3.8, 4) is 0 Å². The normalized spacial score (nSPS) is 13.3. The lowest BCUT2D eigenvalue weighted by Crippen LogP contribution is -2.39. The molecule has 0 bridgehead atoms. The first kappa shape index (κ1) is 18.8. The zero-order valence-corrected chi connectivity index (χ0v) is 15.3. The first-order chi connectivity index (χ1) is 12.9. The molecule has 1 aliphatic heterocycles. The van der Waals surface area contributed by atoms with Gasteiger partial charge >= 0.3 is 0 Å². The van der Waals surface area contributed by atoms with Crippen LogP contribution in [0.25, 0.3) is 0 Å². The number of benzene rings is 2. The van der Waals surface area contributed by atoms with Crippen molar-refractivity contribution in [2.45, 2.75) is 32.9 Å². The minimum atomic E-state index is -0.715. The maximum atomic E-state index is 13.9. The van der Waals surface area contributed by atoms with Gasteiger partial charge in [-0.25, -0.2) is 4.39 Å². The van der Waals surface area contributed by atoms with Crippen LogP contribution in [0, 0.1) is 5.82 Å². The summed E-state index contributed by atoms with van der Waals surface area (Å²) in [6, 6.07) is 13.6. The highest BCUT2D eigenvalue weighted by Crippen LogP contribution is 2.25. The van der Waals surface area contributed by atoms with E-state index in [2.05, 4.69) is 0 Å². The standard InChI is InChI=1S/C21H21FN2O3/c1-14(2)24(13-15-7-4-3-5-8-15)18(25)11-12-23-20(26)16-9-6-10-17(22)19(16)21(23)27/h3-10,14H,11-13H2,1-2H3. The maximum absolute atomic E-state index is 13.9. The van der Waals surface area contributed by atoms with Gasteiger partial charge in [-0.05, 0) is 31.5 Å². The van der Waals surface area contributed by atoms with Crippen LogP contribution in [0.5, 0.6) is 0 Å². The van der Waals surface area contributed by atoms with Crippen molar-refractivity contribution in [1.82, 2.24) is 9.80 Å². The van der Waals surface area contributed by atoms with Crippen molar-refractivity contribution in [1.29, 1.82) is 0 Å². The number of carbonyl (C=O) groups excluding carboxylic acids is 3. The Kier molecular flexibility index (Phi) is 5.35. The molecule has 0 N–H and O–H groups in total. The molecule has 0 aliphatic carbocycles. The molecule has 5 nitrogen and oxygen atoms in total. The van der Waals surface area contributed by atoms with Crippen LogP contribution < -0.4 is 0 Å². The smallest absolute Gasteiger partial charge is 0.264 e. The molecule has 3 amide bonds. The Hall–Kier alpha value is -3.02. The Bertz CT molecular complexity index is 880. The van der Waals surface area contributed by atoms with Crippen LogP contribution in [0.2, 0.25) is 0 Å². The maximum Gasteiger partial charge on any atom is 0.264 e. The highest BCUT2D eigenvalue weighted by Gasteiger charge is 2.38. The van der Waals surface area contributed by atoms with E-state index in [1.807, 2.05) is 44.2 Å². The second-order valence-corrected chi connectivity index (χ2v) is 6.78. The molecule has 2 aromatic rings. The van der Waals surface area contributed by atoms with Gasteiger partial charge in [-0.2, -0.15) is 0 Å². The topological polar surface area (TPSA) is 57.7 Å². The van der Waals surface area contributed by atoms with Crippen molar-refractivity contribution in [2.24, 2.45) is 0 Å². The van der Waals surface area contributed by atoms with Crippen LogP contribution in [0.3, 0.4) is 0 Å². The van der Waals surface area contributed by atoms with Gasteiger partial charge in [0.2, 0.25) is 5.91 Å². The predicted octanol–water partition coefficient (Wildman–Crippen LogP) is 3.25. The number of imide groups is 1. The summed E-state index contributed by atoms with van der Waals surface area (Å²) < 4.78 is 13.9. The molecule has 0 aromatic heterocycles. The molecule has 1 heterocycles. The van der Waals surface area contributed by atoms with E-state index in [1.54, 1.807) is 4.90 Å². The summed E-state index contributed by atoms with van der Waals surface area (Å²) in [5.74, 6) is -2.11. The number of rotatable bonds is 6. The van der Waals surface area contributed by atoms with Gasteiger partial charge in [0, 0.05) is 25.6 Å². The van der Waals surface area contributed by atoms with Crippen LogP contribution in [0.1, 0.15) is 46.5 Å². The SMILES string of the molecule is CC(C)N(Cc1ccccc1)C(=O)CCN1C(=O)c2cccc(F)c2C1=O. The summed E-state index contributed by atoms with van der Waals surface area (Å²) in [5.41, 5.74) is 0.847. The van der Waals surface area contributed by atoms with Crippen molar-refractivity contribution in [2.75, 3.05) is 6.54 Å². The fourth-order valence-corrected chi connectivity index (χ4v) is 3.19. The fourth-order valence-electron chi connectivity index (χ4n) is 3.19. The highest BCUT2D eigenvalue weighted by molar-refractivity contribution is 6.21. The van der Waals surface area contributed by atoms with Crippen molar-refractivity contribution >= 4 is 17.7 Å². The molecule has 0 saturated carbocycles. The summed E-state index contributed by atoms with van der Waals surface area (Å²) in [7, 11) is 0. The lowest BCUT2D eigenvalue weighted by Gasteiger charge is -2.27. The fraction of sp³-hybridized carbons (Fsp3) is 0.286. The van der Waals surface area contributed by atoms with E-state index in [1.165, 1.54) is 12.1 Å². The van der Waals surface area contributed by atoms with E-state index in [-0.39, 0.29) is 36.0 Å². The number of carbonyl (C=O) groups is 3. The minimum Gasteiger partial charge on any atom is -0.336 e. The van der Waals surface area contributed by atoms with Crippen LogP contribution in [-0.4, -0.2) is 40.1 Å². The molecule has 0 fully saturated rings. The quantitative estimate of drug-likeness (QED) is 0.736. The number of amides is 3. The van der Waals surface area contributed by atoms with Gasteiger partial charge in [0.05, 0.1) is 11.1 Å². The second kappa shape index (κ2) is 7.70. The summed E-state index contributed by atoms with van der Waals surface area (Å²) in [6.07, 6.45) is -0.00188. The third-order valence-electron chi connectivity index (χ3n) is 4.64. The third-order valence-corrected chi connectivity index (χ3v) is 4.64. The molecule has 0 spiro atoms. The third kappa shape index (κ3) is 3.74. The van der Waals surface area contributed by atoms with E-state index in [0.717, 1.165) is 16.5 Å². The predicted molar refractivity (Wildman–Crippen MR) is 98.5 cm³/mol. The van der Waals surface area contributed by atoms with Crippen LogP contribution in [0.15, 0.2) is 48.5 Å². The van der Waals surface area contributed by atoms with E-state index < -0.39 is 17.6 Å². The lowest BCUT2D eigenvalue weighted by atomic mass is 10.1. The van der Waals surface area contributed by atoms with Gasteiger partial charge in [-0.15, -0.1) is 0 Å². The highest BCUT2D eigenvalue weighted by atomic mass is 19.1. The average molecular weight is 368 g/mol. The Morgan fingerprint density at radius 3 is 2.37 bits per heavy atom. The zero-order chi connectivity index (χ0) is 19.6. The van der Waals surface area contributed by atoms with Gasteiger partial charge < -0.3 is 4.90 Å². The van der Waals surface area contributed by atoms with Gasteiger partial charge in [0.25, 0.3) is 11.8 Å². The van der Waals surface area contributed by atoms with Gasteiger partial charge in [-0.3, -0.25) is 19.3 Å². The zero-order valence-electron chi connectivity index (χ0n) is 15.3. The number of hydrogen-bond acceptors (Lipinski definition) is 3. The molecule has 0 unspecified atom stereocenters. The number of halogens is 1. The molecule has 0 radical (unpaired) electrons. The first-order valence-electron chi connectivity index (χ1n) is 8.88. The van der Waals surface area contributed by atoms with E-state index in [9.17, 15) is 18.8 Å². The molecular weight excluding hydrogens is 347 g/mol. The van der Waals surface area contributed by atoms with Crippen LogP contribution in [0.4, 0.5) is 4.39 Å². The van der Waals surface area contributed by atoms with Crippen molar-refractivity contribution < 1.29 is 18.8 Å². The lowest BCUT2D eigenvalue weighted by molar-refractivity contribution is -0.133. The summed E-state index contributed by atoms with van der Waals surface area (Å²) in [6.45, 7) is 4.22. The second-order valence-electron chi connectivity index (χ2n) is 6.78. The van der Waals surface area contributed by atoms with Crippen molar-refractivity contribution in [3.05, 3.63) is 71.0 Å². The molecule has 0 saturated heterocycles. The number of hydrogen-bond donors (Lipinski definition) is 0. The van der Waals surface area contributed by atoms with E-state index >= 15 is 0 Å². The minimum absolute atomic E-state index is 0.00188. The van der Waals surface area contributed by atoms with Gasteiger partial charge in [0.15, 0.2) is 0 Å². The molecule has 27 heavy (non-hydrogen) atoms. The largest absolute Gasteiger partial charge is 0.336 e. The van der Waals surface area contributed by atoms with Crippen LogP contribution in [-0.2, 0) is 11.3 Å². The molecular formula is C21H21FN2O3. The van der Waals surface area contributed by atoms with Gasteiger partial charge in [0.1, 0.15) is 5.82 Å². The Morgan fingerprint density at radius 1 is 1.04 bits per heavy atom. The molecule has 6 heteroatoms. The van der Waals surface area contributed by atoms with E-state index in [4.69, 9.17) is 0 Å². The molecule has 140 valence electrons. The first-order valence-corrected chi connectivity index (χ1v) is 8.88. The van der Waals surface area contributed by atoms with Gasteiger partial charge in [-0.1, -0.05) is 36.4 Å². The molecule has 2 aromatic carbocycles. The molecule has 1 aliphatic rings.